The molecule has 1 heterocycles. The molecule has 1 unspecified atom stereocenters. The molecule has 5 heteroatoms. The third-order valence-electron chi connectivity index (χ3n) is 3.10. The number of nitrogen functional groups attached to an aromatic ring is 1. The summed E-state index contributed by atoms with van der Waals surface area (Å²) in [6, 6.07) is 9.71. The summed E-state index contributed by atoms with van der Waals surface area (Å²) in [7, 11) is 1.60. The van der Waals surface area contributed by atoms with E-state index in [-0.39, 0.29) is 11.9 Å². The third-order valence-corrected chi connectivity index (χ3v) is 4.28. The highest BCUT2D eigenvalue weighted by molar-refractivity contribution is 7.12. The van der Waals surface area contributed by atoms with Crippen LogP contribution in [-0.2, 0) is 0 Å². The largest absolute Gasteiger partial charge is 0.397 e. The predicted molar refractivity (Wildman–Crippen MR) is 85.3 cm³/mol. The van der Waals surface area contributed by atoms with Gasteiger partial charge in [-0.05, 0) is 44.2 Å². The molecule has 0 aliphatic heterocycles. The van der Waals surface area contributed by atoms with E-state index in [1.165, 1.54) is 9.75 Å². The third kappa shape index (κ3) is 3.11. The summed E-state index contributed by atoms with van der Waals surface area (Å²) in [5, 5.41) is 5.96. The number of nitrogens with one attached hydrogen (secondary N) is 2. The molecule has 4 N–H and O–H groups in total. The van der Waals surface area contributed by atoms with Crippen molar-refractivity contribution in [3.05, 3.63) is 45.6 Å². The van der Waals surface area contributed by atoms with Crippen molar-refractivity contribution < 1.29 is 4.79 Å². The molecule has 4 nitrogen and oxygen atoms in total. The lowest BCUT2D eigenvalue weighted by Crippen LogP contribution is -2.18. The molecular weight excluding hydrogens is 270 g/mol. The van der Waals surface area contributed by atoms with E-state index in [1.807, 2.05) is 6.07 Å². The van der Waals surface area contributed by atoms with Crippen molar-refractivity contribution in [3.8, 4) is 0 Å². The summed E-state index contributed by atoms with van der Waals surface area (Å²) < 4.78 is 0. The van der Waals surface area contributed by atoms with E-state index < -0.39 is 0 Å². The van der Waals surface area contributed by atoms with Gasteiger partial charge >= 0.3 is 0 Å². The van der Waals surface area contributed by atoms with Gasteiger partial charge in [0.05, 0.1) is 17.4 Å². The lowest BCUT2D eigenvalue weighted by atomic mass is 10.1. The zero-order valence-corrected chi connectivity index (χ0v) is 12.7. The fourth-order valence-corrected chi connectivity index (χ4v) is 2.85. The first-order chi connectivity index (χ1) is 9.51. The molecule has 0 spiro atoms. The van der Waals surface area contributed by atoms with Gasteiger partial charge in [0.15, 0.2) is 0 Å². The van der Waals surface area contributed by atoms with Crippen molar-refractivity contribution in [3.63, 3.8) is 0 Å². The number of rotatable bonds is 4. The lowest BCUT2D eigenvalue weighted by molar-refractivity contribution is 0.0963. The van der Waals surface area contributed by atoms with E-state index in [9.17, 15) is 4.79 Å². The second kappa shape index (κ2) is 5.96. The molecule has 20 heavy (non-hydrogen) atoms. The predicted octanol–water partition coefficient (Wildman–Crippen LogP) is 3.17. The molecule has 0 saturated carbocycles. The Balaban J connectivity index is 2.15. The van der Waals surface area contributed by atoms with Crippen LogP contribution in [0.2, 0.25) is 0 Å². The van der Waals surface area contributed by atoms with Gasteiger partial charge in [0, 0.05) is 22.4 Å². The molecule has 0 radical (unpaired) electrons. The number of hydrogen-bond donors (Lipinski definition) is 3. The number of amides is 1. The molecule has 1 atom stereocenters. The average Bonchev–Trinajstić information content (AvgIpc) is 2.86. The number of carbonyl (C=O) groups excluding carboxylic acids is 1. The van der Waals surface area contributed by atoms with E-state index in [4.69, 9.17) is 5.73 Å². The van der Waals surface area contributed by atoms with Gasteiger partial charge in [-0.15, -0.1) is 11.3 Å². The van der Waals surface area contributed by atoms with Crippen LogP contribution in [0.15, 0.2) is 30.3 Å². The van der Waals surface area contributed by atoms with Crippen LogP contribution in [0.25, 0.3) is 0 Å². The van der Waals surface area contributed by atoms with Crippen molar-refractivity contribution in [2.75, 3.05) is 18.1 Å². The first kappa shape index (κ1) is 14.4. The lowest BCUT2D eigenvalue weighted by Gasteiger charge is -2.16. The second-order valence-electron chi connectivity index (χ2n) is 4.70. The minimum Gasteiger partial charge on any atom is -0.397 e. The monoisotopic (exact) mass is 289 g/mol. The smallest absolute Gasteiger partial charge is 0.251 e. The molecule has 0 aliphatic carbocycles. The van der Waals surface area contributed by atoms with Gasteiger partial charge in [-0.25, -0.2) is 0 Å². The van der Waals surface area contributed by atoms with E-state index in [1.54, 1.807) is 30.5 Å². The Labute approximate surface area is 123 Å². The Morgan fingerprint density at radius 3 is 2.60 bits per heavy atom. The summed E-state index contributed by atoms with van der Waals surface area (Å²) in [5.74, 6) is -0.134. The maximum Gasteiger partial charge on any atom is 0.251 e. The van der Waals surface area contributed by atoms with E-state index >= 15 is 0 Å². The standard InChI is InChI=1S/C15H19N3OS/c1-9-4-7-14(20-9)10(2)18-13-6-5-11(8-12(13)16)15(19)17-3/h4-8,10,18H,16H2,1-3H3,(H,17,19). The van der Waals surface area contributed by atoms with Crippen LogP contribution >= 0.6 is 11.3 Å². The van der Waals surface area contributed by atoms with E-state index in [0.29, 0.717) is 11.3 Å². The minimum atomic E-state index is -0.134. The topological polar surface area (TPSA) is 67.2 Å². The number of aryl methyl sites for hydroxylation is 1. The number of anilines is 2. The Morgan fingerprint density at radius 2 is 2.05 bits per heavy atom. The second-order valence-corrected chi connectivity index (χ2v) is 6.02. The zero-order chi connectivity index (χ0) is 14.7. The Kier molecular flexibility index (Phi) is 4.29. The van der Waals surface area contributed by atoms with Crippen molar-refractivity contribution in [1.82, 2.24) is 5.32 Å². The maximum absolute atomic E-state index is 11.5. The number of hydrogen-bond acceptors (Lipinski definition) is 4. The number of thiophene rings is 1. The molecule has 1 amide bonds. The summed E-state index contributed by atoms with van der Waals surface area (Å²) >= 11 is 1.77. The SMILES string of the molecule is CNC(=O)c1ccc(NC(C)c2ccc(C)s2)c(N)c1. The first-order valence-electron chi connectivity index (χ1n) is 6.45. The average molecular weight is 289 g/mol. The van der Waals surface area contributed by atoms with Crippen LogP contribution in [0, 0.1) is 6.92 Å². The van der Waals surface area contributed by atoms with Crippen molar-refractivity contribution in [1.29, 1.82) is 0 Å². The molecule has 0 aliphatic rings. The van der Waals surface area contributed by atoms with E-state index in [2.05, 4.69) is 36.6 Å². The van der Waals surface area contributed by atoms with Crippen molar-refractivity contribution in [2.45, 2.75) is 19.9 Å². The Morgan fingerprint density at radius 1 is 1.30 bits per heavy atom. The summed E-state index contributed by atoms with van der Waals surface area (Å²) in [6.45, 7) is 4.19. The van der Waals surface area contributed by atoms with Gasteiger partial charge in [0.1, 0.15) is 0 Å². The van der Waals surface area contributed by atoms with Crippen LogP contribution < -0.4 is 16.4 Å². The molecule has 106 valence electrons. The first-order valence-corrected chi connectivity index (χ1v) is 7.27. The molecular formula is C15H19N3OS. The van der Waals surface area contributed by atoms with Crippen LogP contribution in [-0.4, -0.2) is 13.0 Å². The highest BCUT2D eigenvalue weighted by atomic mass is 32.1. The van der Waals surface area contributed by atoms with Crippen molar-refractivity contribution >= 4 is 28.6 Å². The Bertz CT molecular complexity index is 621. The highest BCUT2D eigenvalue weighted by Gasteiger charge is 2.11. The highest BCUT2D eigenvalue weighted by Crippen LogP contribution is 2.28. The zero-order valence-electron chi connectivity index (χ0n) is 11.9. The van der Waals surface area contributed by atoms with Gasteiger partial charge in [-0.1, -0.05) is 0 Å². The number of nitrogens with two attached hydrogens (primary N) is 1. The molecule has 0 saturated heterocycles. The number of benzene rings is 1. The molecule has 1 aromatic heterocycles. The van der Waals surface area contributed by atoms with Crippen LogP contribution in [0.5, 0.6) is 0 Å². The van der Waals surface area contributed by atoms with Crippen LogP contribution in [0.1, 0.15) is 33.1 Å². The van der Waals surface area contributed by atoms with Crippen LogP contribution in [0.3, 0.4) is 0 Å². The Hall–Kier alpha value is -2.01. The van der Waals surface area contributed by atoms with Crippen molar-refractivity contribution in [2.24, 2.45) is 0 Å². The normalized spacial score (nSPS) is 11.9. The summed E-state index contributed by atoms with van der Waals surface area (Å²) in [5.41, 5.74) is 7.99. The molecule has 0 bridgehead atoms. The van der Waals surface area contributed by atoms with Gasteiger partial charge in [0.2, 0.25) is 0 Å². The van der Waals surface area contributed by atoms with Gasteiger partial charge in [-0.3, -0.25) is 4.79 Å². The minimum absolute atomic E-state index is 0.134. The quantitative estimate of drug-likeness (QED) is 0.757. The van der Waals surface area contributed by atoms with Gasteiger partial charge in [0.25, 0.3) is 5.91 Å². The molecule has 2 aromatic rings. The number of carbonyl (C=O) groups is 1. The molecule has 1 aromatic carbocycles. The van der Waals surface area contributed by atoms with Gasteiger partial charge < -0.3 is 16.4 Å². The summed E-state index contributed by atoms with van der Waals surface area (Å²) in [6.07, 6.45) is 0. The maximum atomic E-state index is 11.5. The molecule has 0 fully saturated rings. The fraction of sp³-hybridized carbons (Fsp3) is 0.267. The molecule has 2 rings (SSSR count). The fourth-order valence-electron chi connectivity index (χ4n) is 1.97. The van der Waals surface area contributed by atoms with Gasteiger partial charge in [-0.2, -0.15) is 0 Å². The summed E-state index contributed by atoms with van der Waals surface area (Å²) in [4.78, 5) is 14.1. The van der Waals surface area contributed by atoms with E-state index in [0.717, 1.165) is 5.69 Å². The van der Waals surface area contributed by atoms with Crippen LogP contribution in [0.4, 0.5) is 11.4 Å².